The third-order valence-electron chi connectivity index (χ3n) is 4.93. The summed E-state index contributed by atoms with van der Waals surface area (Å²) >= 11 is 0. The predicted molar refractivity (Wildman–Crippen MR) is 119 cm³/mol. The second-order valence-corrected chi connectivity index (χ2v) is 7.41. The fourth-order valence-electron chi connectivity index (χ4n) is 3.16. The highest BCUT2D eigenvalue weighted by Gasteiger charge is 2.17. The van der Waals surface area contributed by atoms with Crippen LogP contribution in [0.2, 0.25) is 0 Å². The monoisotopic (exact) mass is 401 g/mol. The smallest absolute Gasteiger partial charge is 0.260 e. The molecule has 3 aromatic rings. The maximum absolute atomic E-state index is 12.5. The average molecular weight is 402 g/mol. The average Bonchev–Trinajstić information content (AvgIpc) is 2.79. The summed E-state index contributed by atoms with van der Waals surface area (Å²) in [7, 11) is 0. The number of benzene rings is 3. The van der Waals surface area contributed by atoms with E-state index in [4.69, 9.17) is 4.74 Å². The van der Waals surface area contributed by atoms with Gasteiger partial charge in [0.1, 0.15) is 5.75 Å². The number of nitrogens with one attached hydrogen (secondary N) is 1. The number of hydrogen-bond acceptors (Lipinski definition) is 3. The van der Waals surface area contributed by atoms with E-state index in [1.807, 2.05) is 43.3 Å². The second-order valence-electron chi connectivity index (χ2n) is 7.41. The maximum atomic E-state index is 12.5. The molecule has 3 rings (SSSR count). The van der Waals surface area contributed by atoms with Gasteiger partial charge in [0.2, 0.25) is 0 Å². The van der Waals surface area contributed by atoms with Gasteiger partial charge in [-0.25, -0.2) is 0 Å². The van der Waals surface area contributed by atoms with Crippen LogP contribution in [-0.2, 0) is 11.2 Å². The molecule has 30 heavy (non-hydrogen) atoms. The lowest BCUT2D eigenvalue weighted by Crippen LogP contribution is -2.41. The molecule has 154 valence electrons. The van der Waals surface area contributed by atoms with Gasteiger partial charge in [0.25, 0.3) is 5.91 Å². The Morgan fingerprint density at radius 3 is 2.00 bits per heavy atom. The Bertz CT molecular complexity index is 953. The van der Waals surface area contributed by atoms with Crippen LogP contribution in [0.15, 0.2) is 84.9 Å². The van der Waals surface area contributed by atoms with Crippen LogP contribution >= 0.6 is 0 Å². The molecule has 0 heterocycles. The summed E-state index contributed by atoms with van der Waals surface area (Å²) in [6.45, 7) is 3.72. The van der Waals surface area contributed by atoms with E-state index in [1.165, 1.54) is 5.56 Å². The largest absolute Gasteiger partial charge is 0.481 e. The number of aryl methyl sites for hydroxylation is 1. The van der Waals surface area contributed by atoms with E-state index in [0.29, 0.717) is 16.9 Å². The molecule has 0 spiro atoms. The lowest BCUT2D eigenvalue weighted by Gasteiger charge is -2.19. The molecule has 3 aromatic carbocycles. The van der Waals surface area contributed by atoms with E-state index in [9.17, 15) is 9.59 Å². The van der Waals surface area contributed by atoms with Crippen molar-refractivity contribution in [3.05, 3.63) is 102 Å². The van der Waals surface area contributed by atoms with Gasteiger partial charge in [-0.1, -0.05) is 60.7 Å². The number of rotatable bonds is 9. The lowest BCUT2D eigenvalue weighted by atomic mass is 10.0. The first-order valence-corrected chi connectivity index (χ1v) is 10.2. The minimum absolute atomic E-state index is 0.0415. The van der Waals surface area contributed by atoms with Gasteiger partial charge >= 0.3 is 0 Å². The standard InChI is InChI=1S/C26H27NO3/c1-19(13-14-21-9-5-3-6-10-21)27-26(29)20(2)30-24-17-15-23(16-18-24)25(28)22-11-7-4-8-12-22/h3-12,15-20H,13-14H2,1-2H3,(H,27,29)/t19-,20+/m0/s1. The van der Waals surface area contributed by atoms with Crippen LogP contribution in [-0.4, -0.2) is 23.8 Å². The van der Waals surface area contributed by atoms with Gasteiger partial charge in [0.05, 0.1) is 0 Å². The molecule has 0 aliphatic heterocycles. The molecule has 1 amide bonds. The lowest BCUT2D eigenvalue weighted by molar-refractivity contribution is -0.127. The predicted octanol–water partition coefficient (Wildman–Crippen LogP) is 4.82. The molecule has 0 unspecified atom stereocenters. The Morgan fingerprint density at radius 1 is 0.800 bits per heavy atom. The molecule has 4 heteroatoms. The Balaban J connectivity index is 1.49. The van der Waals surface area contributed by atoms with Crippen molar-refractivity contribution >= 4 is 11.7 Å². The van der Waals surface area contributed by atoms with Crippen molar-refractivity contribution < 1.29 is 14.3 Å². The molecule has 0 radical (unpaired) electrons. The Labute approximate surface area is 177 Å². The topological polar surface area (TPSA) is 55.4 Å². The highest BCUT2D eigenvalue weighted by molar-refractivity contribution is 6.08. The summed E-state index contributed by atoms with van der Waals surface area (Å²) in [6.07, 6.45) is 1.15. The van der Waals surface area contributed by atoms with Gasteiger partial charge in [-0.15, -0.1) is 0 Å². The SMILES string of the molecule is C[C@@H](CCc1ccccc1)NC(=O)[C@@H](C)Oc1ccc(C(=O)c2ccccc2)cc1. The van der Waals surface area contributed by atoms with Gasteiger partial charge in [-0.05, 0) is 56.5 Å². The second kappa shape index (κ2) is 10.4. The van der Waals surface area contributed by atoms with Gasteiger partial charge < -0.3 is 10.1 Å². The van der Waals surface area contributed by atoms with E-state index in [-0.39, 0.29) is 17.7 Å². The molecular formula is C26H27NO3. The third kappa shape index (κ3) is 6.05. The van der Waals surface area contributed by atoms with Crippen molar-refractivity contribution in [3.63, 3.8) is 0 Å². The number of hydrogen-bond donors (Lipinski definition) is 1. The molecular weight excluding hydrogens is 374 g/mol. The zero-order valence-corrected chi connectivity index (χ0v) is 17.4. The fourth-order valence-corrected chi connectivity index (χ4v) is 3.16. The van der Waals surface area contributed by atoms with Gasteiger partial charge in [0, 0.05) is 17.2 Å². The zero-order valence-electron chi connectivity index (χ0n) is 17.4. The van der Waals surface area contributed by atoms with Crippen LogP contribution in [0.4, 0.5) is 0 Å². The molecule has 0 aliphatic rings. The van der Waals surface area contributed by atoms with Crippen molar-refractivity contribution in [2.45, 2.75) is 38.8 Å². The molecule has 0 aliphatic carbocycles. The normalized spacial score (nSPS) is 12.6. The number of carbonyl (C=O) groups is 2. The number of ether oxygens (including phenoxy) is 1. The number of carbonyl (C=O) groups excluding carboxylic acids is 2. The van der Waals surface area contributed by atoms with Crippen LogP contribution in [0.3, 0.4) is 0 Å². The Morgan fingerprint density at radius 2 is 1.37 bits per heavy atom. The summed E-state index contributed by atoms with van der Waals surface area (Å²) in [5, 5.41) is 3.00. The molecule has 0 saturated heterocycles. The zero-order chi connectivity index (χ0) is 21.3. The van der Waals surface area contributed by atoms with Crippen LogP contribution < -0.4 is 10.1 Å². The van der Waals surface area contributed by atoms with E-state index in [1.54, 1.807) is 43.3 Å². The first kappa shape index (κ1) is 21.3. The van der Waals surface area contributed by atoms with E-state index >= 15 is 0 Å². The summed E-state index contributed by atoms with van der Waals surface area (Å²) in [5.41, 5.74) is 2.48. The fraction of sp³-hybridized carbons (Fsp3) is 0.231. The van der Waals surface area contributed by atoms with Crippen LogP contribution in [0.25, 0.3) is 0 Å². The summed E-state index contributed by atoms with van der Waals surface area (Å²) in [6, 6.07) is 26.3. The molecule has 4 nitrogen and oxygen atoms in total. The van der Waals surface area contributed by atoms with E-state index < -0.39 is 6.10 Å². The molecule has 0 fully saturated rings. The van der Waals surface area contributed by atoms with Gasteiger partial charge in [-0.3, -0.25) is 9.59 Å². The quantitative estimate of drug-likeness (QED) is 0.523. The van der Waals surface area contributed by atoms with Gasteiger partial charge in [-0.2, -0.15) is 0 Å². The molecule has 2 atom stereocenters. The van der Waals surface area contributed by atoms with Crippen molar-refractivity contribution in [2.75, 3.05) is 0 Å². The van der Waals surface area contributed by atoms with Crippen molar-refractivity contribution in [2.24, 2.45) is 0 Å². The van der Waals surface area contributed by atoms with Gasteiger partial charge in [0.15, 0.2) is 11.9 Å². The van der Waals surface area contributed by atoms with Crippen LogP contribution in [0, 0.1) is 0 Å². The summed E-state index contributed by atoms with van der Waals surface area (Å²) < 4.78 is 5.76. The molecule has 0 bridgehead atoms. The Hall–Kier alpha value is -3.40. The number of amides is 1. The highest BCUT2D eigenvalue weighted by atomic mass is 16.5. The van der Waals surface area contributed by atoms with Crippen molar-refractivity contribution in [1.29, 1.82) is 0 Å². The van der Waals surface area contributed by atoms with Crippen LogP contribution in [0.1, 0.15) is 41.8 Å². The maximum Gasteiger partial charge on any atom is 0.260 e. The first-order valence-electron chi connectivity index (χ1n) is 10.2. The summed E-state index contributed by atoms with van der Waals surface area (Å²) in [4.78, 5) is 24.9. The molecule has 0 saturated carbocycles. The Kier molecular flexibility index (Phi) is 7.39. The summed E-state index contributed by atoms with van der Waals surface area (Å²) in [5.74, 6) is 0.361. The molecule has 1 N–H and O–H groups in total. The van der Waals surface area contributed by atoms with Crippen molar-refractivity contribution in [1.82, 2.24) is 5.32 Å². The first-order chi connectivity index (χ1) is 14.5. The highest BCUT2D eigenvalue weighted by Crippen LogP contribution is 2.17. The number of ketones is 1. The van der Waals surface area contributed by atoms with E-state index in [0.717, 1.165) is 12.8 Å². The minimum atomic E-state index is -0.625. The molecule has 0 aromatic heterocycles. The van der Waals surface area contributed by atoms with E-state index in [2.05, 4.69) is 17.4 Å². The minimum Gasteiger partial charge on any atom is -0.481 e. The van der Waals surface area contributed by atoms with Crippen LogP contribution in [0.5, 0.6) is 5.75 Å². The van der Waals surface area contributed by atoms with Crippen molar-refractivity contribution in [3.8, 4) is 5.75 Å². The third-order valence-corrected chi connectivity index (χ3v) is 4.93.